The van der Waals surface area contributed by atoms with Gasteiger partial charge in [-0.2, -0.15) is 0 Å². The number of carboxylic acids is 1. The molecule has 0 aliphatic heterocycles. The van der Waals surface area contributed by atoms with Gasteiger partial charge in [0, 0.05) is 23.6 Å². The number of aliphatic carboxylic acids is 1. The average Bonchev–Trinajstić information content (AvgIpc) is 2.13. The Morgan fingerprint density at radius 3 is 2.25 bits per heavy atom. The van der Waals surface area contributed by atoms with Gasteiger partial charge in [-0.3, -0.25) is 4.79 Å². The van der Waals surface area contributed by atoms with Gasteiger partial charge in [0.2, 0.25) is 0 Å². The van der Waals surface area contributed by atoms with Crippen LogP contribution in [0.5, 0.6) is 0 Å². The van der Waals surface area contributed by atoms with Gasteiger partial charge in [0.25, 0.3) is 0 Å². The predicted octanol–water partition coefficient (Wildman–Crippen LogP) is 1.99. The maximum Gasteiger partial charge on any atom is 0.186 e. The zero-order valence-electron chi connectivity index (χ0n) is 10.5. The SMILES string of the molecule is CCCC(CCC(C)(C)C(=O)[O-])SC(C)=O. The Balaban J connectivity index is 4.20. The second-order valence-corrected chi connectivity index (χ2v) is 6.21. The summed E-state index contributed by atoms with van der Waals surface area (Å²) in [5.74, 6) is -1.02. The fraction of sp³-hybridized carbons (Fsp3) is 0.833. The first-order valence-electron chi connectivity index (χ1n) is 5.68. The molecule has 0 spiro atoms. The van der Waals surface area contributed by atoms with Gasteiger partial charge < -0.3 is 9.90 Å². The topological polar surface area (TPSA) is 57.2 Å². The molecule has 94 valence electrons. The molecule has 0 aromatic rings. The summed E-state index contributed by atoms with van der Waals surface area (Å²) < 4.78 is 0. The molecule has 16 heavy (non-hydrogen) atoms. The van der Waals surface area contributed by atoms with Crippen molar-refractivity contribution in [2.45, 2.75) is 58.6 Å². The van der Waals surface area contributed by atoms with Gasteiger partial charge >= 0.3 is 0 Å². The summed E-state index contributed by atoms with van der Waals surface area (Å²) in [4.78, 5) is 21.9. The third-order valence-corrected chi connectivity index (χ3v) is 3.72. The Kier molecular flexibility index (Phi) is 6.72. The van der Waals surface area contributed by atoms with E-state index in [1.54, 1.807) is 20.8 Å². The summed E-state index contributed by atoms with van der Waals surface area (Å²) >= 11 is 1.32. The maximum atomic E-state index is 11.0. The van der Waals surface area contributed by atoms with Crippen LogP contribution in [0.15, 0.2) is 0 Å². The van der Waals surface area contributed by atoms with E-state index in [4.69, 9.17) is 0 Å². The van der Waals surface area contributed by atoms with E-state index in [-0.39, 0.29) is 10.4 Å². The number of carboxylic acid groups (broad SMARTS) is 1. The first-order chi connectivity index (χ1) is 7.29. The summed E-state index contributed by atoms with van der Waals surface area (Å²) in [6, 6.07) is 0. The van der Waals surface area contributed by atoms with Crippen molar-refractivity contribution >= 4 is 22.8 Å². The van der Waals surface area contributed by atoms with Gasteiger partial charge in [-0.1, -0.05) is 39.0 Å². The molecule has 0 radical (unpaired) electrons. The number of carbonyl (C=O) groups is 2. The van der Waals surface area contributed by atoms with Crippen LogP contribution in [0, 0.1) is 5.41 Å². The Labute approximate surface area is 102 Å². The molecule has 0 saturated carbocycles. The van der Waals surface area contributed by atoms with Gasteiger partial charge in [-0.05, 0) is 19.3 Å². The van der Waals surface area contributed by atoms with Crippen molar-refractivity contribution in [3.05, 3.63) is 0 Å². The highest BCUT2D eigenvalue weighted by Gasteiger charge is 2.22. The second-order valence-electron chi connectivity index (χ2n) is 4.73. The van der Waals surface area contributed by atoms with E-state index in [9.17, 15) is 14.7 Å². The Morgan fingerprint density at radius 2 is 1.88 bits per heavy atom. The lowest BCUT2D eigenvalue weighted by atomic mass is 9.87. The van der Waals surface area contributed by atoms with Crippen molar-refractivity contribution < 1.29 is 14.7 Å². The summed E-state index contributed by atoms with van der Waals surface area (Å²) in [7, 11) is 0. The van der Waals surface area contributed by atoms with Crippen LogP contribution in [-0.4, -0.2) is 16.3 Å². The molecule has 0 saturated heterocycles. The van der Waals surface area contributed by atoms with E-state index in [1.807, 2.05) is 0 Å². The molecule has 0 amide bonds. The largest absolute Gasteiger partial charge is 0.550 e. The number of hydrogen-bond donors (Lipinski definition) is 0. The normalized spacial score (nSPS) is 13.5. The molecule has 3 nitrogen and oxygen atoms in total. The standard InChI is InChI=1S/C12H22O3S/c1-5-6-10(16-9(2)13)7-8-12(3,4)11(14)15/h10H,5-8H2,1-4H3,(H,14,15)/p-1. The van der Waals surface area contributed by atoms with E-state index < -0.39 is 11.4 Å². The molecular formula is C12H21O3S-. The maximum absolute atomic E-state index is 11.0. The Hall–Kier alpha value is -0.510. The first kappa shape index (κ1) is 15.5. The van der Waals surface area contributed by atoms with E-state index in [2.05, 4.69) is 6.92 Å². The lowest BCUT2D eigenvalue weighted by Gasteiger charge is -2.27. The average molecular weight is 245 g/mol. The van der Waals surface area contributed by atoms with Crippen LogP contribution in [0.1, 0.15) is 53.4 Å². The van der Waals surface area contributed by atoms with Crippen LogP contribution < -0.4 is 5.11 Å². The number of thioether (sulfide) groups is 1. The molecule has 0 N–H and O–H groups in total. The quantitative estimate of drug-likeness (QED) is 0.688. The molecule has 1 unspecified atom stereocenters. The van der Waals surface area contributed by atoms with Crippen molar-refractivity contribution in [1.82, 2.24) is 0 Å². The molecule has 1 atom stereocenters. The summed E-state index contributed by atoms with van der Waals surface area (Å²) in [5.41, 5.74) is -0.802. The molecule has 0 aromatic heterocycles. The van der Waals surface area contributed by atoms with Gasteiger partial charge in [0.15, 0.2) is 5.12 Å². The Bertz CT molecular complexity index is 249. The van der Waals surface area contributed by atoms with E-state index in [1.165, 1.54) is 11.8 Å². The summed E-state index contributed by atoms with van der Waals surface area (Å²) in [6.07, 6.45) is 3.27. The van der Waals surface area contributed by atoms with Crippen LogP contribution in [-0.2, 0) is 9.59 Å². The first-order valence-corrected chi connectivity index (χ1v) is 6.56. The predicted molar refractivity (Wildman–Crippen MR) is 65.0 cm³/mol. The highest BCUT2D eigenvalue weighted by atomic mass is 32.2. The highest BCUT2D eigenvalue weighted by molar-refractivity contribution is 8.14. The third kappa shape index (κ3) is 6.16. The molecule has 4 heteroatoms. The molecule has 0 fully saturated rings. The minimum Gasteiger partial charge on any atom is -0.550 e. The lowest BCUT2D eigenvalue weighted by molar-refractivity contribution is -0.317. The second kappa shape index (κ2) is 6.94. The number of rotatable bonds is 7. The van der Waals surface area contributed by atoms with Gasteiger partial charge in [0.05, 0.1) is 0 Å². The van der Waals surface area contributed by atoms with E-state index in [0.717, 1.165) is 19.3 Å². The van der Waals surface area contributed by atoms with Crippen molar-refractivity contribution in [1.29, 1.82) is 0 Å². The van der Waals surface area contributed by atoms with E-state index >= 15 is 0 Å². The summed E-state index contributed by atoms with van der Waals surface area (Å²) in [5, 5.41) is 11.2. The fourth-order valence-electron chi connectivity index (χ4n) is 1.44. The zero-order chi connectivity index (χ0) is 12.8. The van der Waals surface area contributed by atoms with Crippen molar-refractivity contribution in [3.8, 4) is 0 Å². The van der Waals surface area contributed by atoms with Crippen molar-refractivity contribution in [3.63, 3.8) is 0 Å². The van der Waals surface area contributed by atoms with Crippen molar-refractivity contribution in [2.75, 3.05) is 0 Å². The third-order valence-electron chi connectivity index (χ3n) is 2.59. The zero-order valence-corrected chi connectivity index (χ0v) is 11.4. The molecule has 0 aromatic carbocycles. The minimum atomic E-state index is -1.02. The van der Waals surface area contributed by atoms with Gasteiger partial charge in [0.1, 0.15) is 0 Å². The fourth-order valence-corrected chi connectivity index (χ4v) is 2.50. The van der Waals surface area contributed by atoms with Crippen molar-refractivity contribution in [2.24, 2.45) is 5.41 Å². The smallest absolute Gasteiger partial charge is 0.186 e. The number of carbonyl (C=O) groups excluding carboxylic acids is 2. The molecule has 0 aliphatic rings. The van der Waals surface area contributed by atoms with Crippen LogP contribution in [0.3, 0.4) is 0 Å². The van der Waals surface area contributed by atoms with Gasteiger partial charge in [-0.25, -0.2) is 0 Å². The van der Waals surface area contributed by atoms with E-state index in [0.29, 0.717) is 6.42 Å². The number of hydrogen-bond acceptors (Lipinski definition) is 4. The highest BCUT2D eigenvalue weighted by Crippen LogP contribution is 2.28. The molecule has 0 heterocycles. The molecular weight excluding hydrogens is 224 g/mol. The lowest BCUT2D eigenvalue weighted by Crippen LogP contribution is -2.38. The Morgan fingerprint density at radius 1 is 1.31 bits per heavy atom. The monoisotopic (exact) mass is 245 g/mol. The molecule has 0 rings (SSSR count). The van der Waals surface area contributed by atoms with Crippen LogP contribution in [0.4, 0.5) is 0 Å². The van der Waals surface area contributed by atoms with Crippen LogP contribution >= 0.6 is 11.8 Å². The molecule has 0 bridgehead atoms. The summed E-state index contributed by atoms with van der Waals surface area (Å²) in [6.45, 7) is 6.96. The van der Waals surface area contributed by atoms with Crippen LogP contribution in [0.2, 0.25) is 0 Å². The van der Waals surface area contributed by atoms with Crippen LogP contribution in [0.25, 0.3) is 0 Å². The minimum absolute atomic E-state index is 0.102. The van der Waals surface area contributed by atoms with Gasteiger partial charge in [-0.15, -0.1) is 0 Å². The molecule has 0 aliphatic carbocycles.